The number of methoxy groups -OCH3 is 1. The quantitative estimate of drug-likeness (QED) is 0.846. The van der Waals surface area contributed by atoms with Gasteiger partial charge in [-0.2, -0.15) is 0 Å². The van der Waals surface area contributed by atoms with Crippen molar-refractivity contribution in [1.82, 2.24) is 0 Å². The Kier molecular flexibility index (Phi) is 5.78. The van der Waals surface area contributed by atoms with Crippen LogP contribution in [0.1, 0.15) is 44.1 Å². The largest absolute Gasteiger partial charge is 0.469 e. The molecule has 21 heavy (non-hydrogen) atoms. The minimum Gasteiger partial charge on any atom is -0.469 e. The third-order valence-electron chi connectivity index (χ3n) is 4.02. The molecule has 1 amide bonds. The van der Waals surface area contributed by atoms with Gasteiger partial charge in [-0.1, -0.05) is 31.4 Å². The number of hydrogen-bond donors (Lipinski definition) is 1. The number of rotatable bonds is 5. The Morgan fingerprint density at radius 3 is 2.71 bits per heavy atom. The monoisotopic (exact) mass is 289 g/mol. The third-order valence-corrected chi connectivity index (χ3v) is 4.02. The number of ether oxygens (including phenoxy) is 1. The molecule has 0 aliphatic heterocycles. The van der Waals surface area contributed by atoms with Crippen LogP contribution in [0.15, 0.2) is 24.3 Å². The Hall–Kier alpha value is -1.84. The normalized spacial score (nSPS) is 15.5. The molecule has 1 saturated carbocycles. The molecule has 1 aromatic rings. The second-order valence-corrected chi connectivity index (χ2v) is 5.60. The van der Waals surface area contributed by atoms with Gasteiger partial charge >= 0.3 is 5.97 Å². The molecule has 1 N–H and O–H groups in total. The zero-order chi connectivity index (χ0) is 15.1. The molecule has 1 aliphatic carbocycles. The lowest BCUT2D eigenvalue weighted by atomic mass is 9.88. The summed E-state index contributed by atoms with van der Waals surface area (Å²) < 4.78 is 4.64. The number of amides is 1. The fourth-order valence-corrected chi connectivity index (χ4v) is 2.76. The average Bonchev–Trinajstić information content (AvgIpc) is 2.53. The van der Waals surface area contributed by atoms with Gasteiger partial charge in [-0.25, -0.2) is 0 Å². The van der Waals surface area contributed by atoms with Crippen LogP contribution in [-0.4, -0.2) is 19.0 Å². The summed E-state index contributed by atoms with van der Waals surface area (Å²) in [6.07, 6.45) is 6.51. The van der Waals surface area contributed by atoms with Crippen molar-refractivity contribution in [3.63, 3.8) is 0 Å². The van der Waals surface area contributed by atoms with Crippen molar-refractivity contribution in [2.75, 3.05) is 12.4 Å². The van der Waals surface area contributed by atoms with Crippen LogP contribution in [0.2, 0.25) is 0 Å². The van der Waals surface area contributed by atoms with E-state index in [1.54, 1.807) is 0 Å². The van der Waals surface area contributed by atoms with Crippen molar-refractivity contribution in [3.8, 4) is 0 Å². The van der Waals surface area contributed by atoms with Crippen molar-refractivity contribution in [1.29, 1.82) is 0 Å². The highest BCUT2D eigenvalue weighted by molar-refractivity contribution is 5.92. The smallest absolute Gasteiger partial charge is 0.305 e. The van der Waals surface area contributed by atoms with E-state index in [1.165, 1.54) is 13.5 Å². The Morgan fingerprint density at radius 1 is 1.24 bits per heavy atom. The molecular weight excluding hydrogens is 266 g/mol. The van der Waals surface area contributed by atoms with Crippen molar-refractivity contribution in [2.45, 2.75) is 44.9 Å². The maximum absolute atomic E-state index is 12.2. The lowest BCUT2D eigenvalue weighted by molar-refractivity contribution is -0.140. The summed E-state index contributed by atoms with van der Waals surface area (Å²) in [6, 6.07) is 7.69. The maximum Gasteiger partial charge on any atom is 0.305 e. The molecule has 0 radical (unpaired) electrons. The van der Waals surface area contributed by atoms with Gasteiger partial charge in [0.2, 0.25) is 5.91 Å². The number of carbonyl (C=O) groups is 2. The molecular formula is C17H23NO3. The van der Waals surface area contributed by atoms with Crippen molar-refractivity contribution in [2.24, 2.45) is 5.92 Å². The number of anilines is 1. The van der Waals surface area contributed by atoms with Gasteiger partial charge in [-0.3, -0.25) is 9.59 Å². The Labute approximate surface area is 125 Å². The summed E-state index contributed by atoms with van der Waals surface area (Å²) in [7, 11) is 1.39. The average molecular weight is 289 g/mol. The van der Waals surface area contributed by atoms with Crippen LogP contribution in [0.3, 0.4) is 0 Å². The molecule has 0 heterocycles. The zero-order valence-electron chi connectivity index (χ0n) is 12.6. The first-order chi connectivity index (χ1) is 10.2. The van der Waals surface area contributed by atoms with E-state index in [-0.39, 0.29) is 17.8 Å². The predicted molar refractivity (Wildman–Crippen MR) is 82.0 cm³/mol. The number of nitrogens with one attached hydrogen (secondary N) is 1. The van der Waals surface area contributed by atoms with Gasteiger partial charge in [-0.15, -0.1) is 0 Å². The van der Waals surface area contributed by atoms with Crippen molar-refractivity contribution < 1.29 is 14.3 Å². The number of carbonyl (C=O) groups excluding carboxylic acids is 2. The number of aryl methyl sites for hydroxylation is 1. The van der Waals surface area contributed by atoms with E-state index in [0.29, 0.717) is 12.8 Å². The molecule has 1 fully saturated rings. The van der Waals surface area contributed by atoms with E-state index in [9.17, 15) is 9.59 Å². The lowest BCUT2D eigenvalue weighted by Gasteiger charge is -2.20. The molecule has 0 spiro atoms. The minimum atomic E-state index is -0.216. The lowest BCUT2D eigenvalue weighted by Crippen LogP contribution is -2.24. The minimum absolute atomic E-state index is 0.125. The van der Waals surface area contributed by atoms with E-state index in [4.69, 9.17) is 0 Å². The first-order valence-electron chi connectivity index (χ1n) is 7.65. The highest BCUT2D eigenvalue weighted by Crippen LogP contribution is 2.25. The number of hydrogen-bond acceptors (Lipinski definition) is 3. The maximum atomic E-state index is 12.2. The molecule has 4 nitrogen and oxygen atoms in total. The molecule has 0 aromatic heterocycles. The molecule has 4 heteroatoms. The third kappa shape index (κ3) is 4.88. The van der Waals surface area contributed by atoms with E-state index >= 15 is 0 Å². The molecule has 114 valence electrons. The van der Waals surface area contributed by atoms with E-state index in [1.807, 2.05) is 24.3 Å². The highest BCUT2D eigenvalue weighted by Gasteiger charge is 2.20. The Bertz CT molecular complexity index is 493. The summed E-state index contributed by atoms with van der Waals surface area (Å²) in [4.78, 5) is 23.4. The first-order valence-corrected chi connectivity index (χ1v) is 7.65. The van der Waals surface area contributed by atoms with Crippen LogP contribution in [0.4, 0.5) is 5.69 Å². The zero-order valence-corrected chi connectivity index (χ0v) is 12.6. The van der Waals surface area contributed by atoms with E-state index in [2.05, 4.69) is 10.1 Å². The molecule has 0 saturated heterocycles. The molecule has 0 unspecified atom stereocenters. The molecule has 1 aromatic carbocycles. The summed E-state index contributed by atoms with van der Waals surface area (Å²) in [5.41, 5.74) is 1.84. The van der Waals surface area contributed by atoms with Crippen LogP contribution >= 0.6 is 0 Å². The Morgan fingerprint density at radius 2 is 2.00 bits per heavy atom. The van der Waals surface area contributed by atoms with Gasteiger partial charge in [-0.05, 0) is 37.0 Å². The van der Waals surface area contributed by atoms with Crippen molar-refractivity contribution in [3.05, 3.63) is 29.8 Å². The van der Waals surface area contributed by atoms with Gasteiger partial charge in [0.05, 0.1) is 7.11 Å². The molecule has 1 aliphatic rings. The summed E-state index contributed by atoms with van der Waals surface area (Å²) in [6.45, 7) is 0. The van der Waals surface area contributed by atoms with Gasteiger partial charge in [0.25, 0.3) is 0 Å². The van der Waals surface area contributed by atoms with Crippen molar-refractivity contribution >= 4 is 17.6 Å². The van der Waals surface area contributed by atoms with Crippen LogP contribution in [0, 0.1) is 5.92 Å². The van der Waals surface area contributed by atoms with Crippen LogP contribution < -0.4 is 5.32 Å². The SMILES string of the molecule is COC(=O)CCc1cccc(NC(=O)C2CCCCC2)c1. The highest BCUT2D eigenvalue weighted by atomic mass is 16.5. The second kappa shape index (κ2) is 7.81. The van der Waals surface area contributed by atoms with E-state index < -0.39 is 0 Å². The van der Waals surface area contributed by atoms with Crippen LogP contribution in [0.5, 0.6) is 0 Å². The topological polar surface area (TPSA) is 55.4 Å². The van der Waals surface area contributed by atoms with Crippen LogP contribution in [-0.2, 0) is 20.7 Å². The summed E-state index contributed by atoms with van der Waals surface area (Å²) >= 11 is 0. The van der Waals surface area contributed by atoms with Crippen LogP contribution in [0.25, 0.3) is 0 Å². The Balaban J connectivity index is 1.90. The van der Waals surface area contributed by atoms with E-state index in [0.717, 1.165) is 36.9 Å². The molecule has 2 rings (SSSR count). The fraction of sp³-hybridized carbons (Fsp3) is 0.529. The fourth-order valence-electron chi connectivity index (χ4n) is 2.76. The van der Waals surface area contributed by atoms with Gasteiger partial charge in [0.15, 0.2) is 0 Å². The predicted octanol–water partition coefficient (Wildman–Crippen LogP) is 3.31. The molecule has 0 atom stereocenters. The second-order valence-electron chi connectivity index (χ2n) is 5.60. The van der Waals surface area contributed by atoms with Gasteiger partial charge < -0.3 is 10.1 Å². The first kappa shape index (κ1) is 15.5. The summed E-state index contributed by atoms with van der Waals surface area (Å²) in [5.74, 6) is 0.0592. The number of benzene rings is 1. The standard InChI is InChI=1S/C17H23NO3/c1-21-16(19)11-10-13-6-5-9-15(12-13)18-17(20)14-7-3-2-4-8-14/h5-6,9,12,14H,2-4,7-8,10-11H2,1H3,(H,18,20). The number of esters is 1. The summed E-state index contributed by atoms with van der Waals surface area (Å²) in [5, 5.41) is 3.00. The molecule has 0 bridgehead atoms. The van der Waals surface area contributed by atoms with Gasteiger partial charge in [0, 0.05) is 18.0 Å². The van der Waals surface area contributed by atoms with Gasteiger partial charge in [0.1, 0.15) is 0 Å².